The van der Waals surface area contributed by atoms with E-state index in [9.17, 15) is 4.79 Å². The molecule has 0 aliphatic carbocycles. The second-order valence-electron chi connectivity index (χ2n) is 3.34. The minimum absolute atomic E-state index is 0.00129. The fraction of sp³-hybridized carbons (Fsp3) is 0.583. The maximum atomic E-state index is 11.3. The first kappa shape index (κ1) is 12.9. The Morgan fingerprint density at radius 3 is 2.50 bits per heavy atom. The van der Waals surface area contributed by atoms with Gasteiger partial charge >= 0.3 is 0 Å². The van der Waals surface area contributed by atoms with Gasteiger partial charge in [0.2, 0.25) is 5.91 Å². The van der Waals surface area contributed by atoms with Crippen molar-refractivity contribution in [1.82, 2.24) is 4.90 Å². The van der Waals surface area contributed by atoms with E-state index in [1.807, 2.05) is 0 Å². The zero-order valence-corrected chi connectivity index (χ0v) is 9.17. The van der Waals surface area contributed by atoms with Crippen molar-refractivity contribution in [3.63, 3.8) is 0 Å². The van der Waals surface area contributed by atoms with Gasteiger partial charge < -0.3 is 4.90 Å². The molecule has 0 saturated heterocycles. The van der Waals surface area contributed by atoms with Gasteiger partial charge in [0.05, 0.1) is 0 Å². The zero-order chi connectivity index (χ0) is 10.8. The number of carbonyl (C=O) groups excluding carboxylic acids is 1. The highest BCUT2D eigenvalue weighted by atomic mass is 16.2. The maximum Gasteiger partial charge on any atom is 0.246 e. The molecule has 0 atom stereocenters. The van der Waals surface area contributed by atoms with E-state index < -0.39 is 0 Å². The number of unbranched alkanes of at least 4 members (excludes halogenated alkanes) is 3. The van der Waals surface area contributed by atoms with E-state index in [2.05, 4.69) is 20.1 Å². The van der Waals surface area contributed by atoms with Gasteiger partial charge in [-0.1, -0.05) is 38.8 Å². The molecule has 1 amide bonds. The summed E-state index contributed by atoms with van der Waals surface area (Å²) in [6, 6.07) is 0. The Morgan fingerprint density at radius 2 is 2.00 bits per heavy atom. The van der Waals surface area contributed by atoms with Gasteiger partial charge in [0.15, 0.2) is 0 Å². The maximum absolute atomic E-state index is 11.3. The van der Waals surface area contributed by atoms with Crippen LogP contribution in [0.1, 0.15) is 32.6 Å². The van der Waals surface area contributed by atoms with Crippen LogP contribution in [0.3, 0.4) is 0 Å². The molecule has 0 fully saturated rings. The van der Waals surface area contributed by atoms with Gasteiger partial charge in [-0.25, -0.2) is 0 Å². The van der Waals surface area contributed by atoms with Crippen LogP contribution in [-0.4, -0.2) is 23.9 Å². The average Bonchev–Trinajstić information content (AvgIpc) is 2.21. The molecule has 0 aromatic heterocycles. The number of hydrogen-bond acceptors (Lipinski definition) is 1. The second-order valence-corrected chi connectivity index (χ2v) is 3.34. The van der Waals surface area contributed by atoms with E-state index >= 15 is 0 Å². The summed E-state index contributed by atoms with van der Waals surface area (Å²) in [5.74, 6) is 0.00129. The van der Waals surface area contributed by atoms with Gasteiger partial charge in [-0.3, -0.25) is 4.79 Å². The quantitative estimate of drug-likeness (QED) is 0.331. The Morgan fingerprint density at radius 1 is 1.29 bits per heavy atom. The molecule has 2 nitrogen and oxygen atoms in total. The van der Waals surface area contributed by atoms with Crippen LogP contribution in [-0.2, 0) is 4.79 Å². The van der Waals surface area contributed by atoms with E-state index in [1.54, 1.807) is 11.0 Å². The zero-order valence-electron chi connectivity index (χ0n) is 9.17. The van der Waals surface area contributed by atoms with Crippen LogP contribution in [0.5, 0.6) is 0 Å². The lowest BCUT2D eigenvalue weighted by Crippen LogP contribution is -2.30. The molecule has 0 bridgehead atoms. The first-order valence-corrected chi connectivity index (χ1v) is 5.28. The number of nitrogens with zero attached hydrogens (tertiary/aromatic N) is 1. The lowest BCUT2D eigenvalue weighted by Gasteiger charge is -2.18. The third-order valence-electron chi connectivity index (χ3n) is 2.12. The van der Waals surface area contributed by atoms with Crippen molar-refractivity contribution in [2.75, 3.05) is 13.1 Å². The van der Waals surface area contributed by atoms with Crippen LogP contribution in [0.4, 0.5) is 0 Å². The summed E-state index contributed by atoms with van der Waals surface area (Å²) < 4.78 is 0. The molecular weight excluding hydrogens is 174 g/mol. The summed E-state index contributed by atoms with van der Waals surface area (Å²) in [6.45, 7) is 10.7. The van der Waals surface area contributed by atoms with Gasteiger partial charge in [0.25, 0.3) is 0 Å². The predicted molar refractivity (Wildman–Crippen MR) is 61.1 cm³/mol. The summed E-state index contributed by atoms with van der Waals surface area (Å²) in [4.78, 5) is 13.1. The Hall–Kier alpha value is -1.05. The summed E-state index contributed by atoms with van der Waals surface area (Å²) in [6.07, 6.45) is 7.83. The Kier molecular flexibility index (Phi) is 7.90. The third kappa shape index (κ3) is 5.57. The molecule has 80 valence electrons. The summed E-state index contributed by atoms with van der Waals surface area (Å²) in [7, 11) is 0. The van der Waals surface area contributed by atoms with Crippen LogP contribution < -0.4 is 0 Å². The smallest absolute Gasteiger partial charge is 0.246 e. The highest BCUT2D eigenvalue weighted by Crippen LogP contribution is 2.02. The van der Waals surface area contributed by atoms with Crippen molar-refractivity contribution >= 4 is 5.91 Å². The number of carbonyl (C=O) groups is 1. The largest absolute Gasteiger partial charge is 0.335 e. The van der Waals surface area contributed by atoms with Gasteiger partial charge in [-0.05, 0) is 12.5 Å². The molecule has 0 rings (SSSR count). The average molecular weight is 195 g/mol. The molecule has 0 aromatic carbocycles. The fourth-order valence-electron chi connectivity index (χ4n) is 1.31. The molecule has 0 heterocycles. The van der Waals surface area contributed by atoms with Crippen LogP contribution in [0.15, 0.2) is 25.3 Å². The van der Waals surface area contributed by atoms with Crippen molar-refractivity contribution in [1.29, 1.82) is 0 Å². The molecule has 14 heavy (non-hydrogen) atoms. The van der Waals surface area contributed by atoms with E-state index in [4.69, 9.17) is 0 Å². The van der Waals surface area contributed by atoms with Crippen LogP contribution in [0.25, 0.3) is 0 Å². The topological polar surface area (TPSA) is 20.3 Å². The van der Waals surface area contributed by atoms with E-state index in [-0.39, 0.29) is 5.91 Å². The number of rotatable bonds is 8. The van der Waals surface area contributed by atoms with Crippen molar-refractivity contribution < 1.29 is 4.79 Å². The molecule has 0 unspecified atom stereocenters. The highest BCUT2D eigenvalue weighted by Gasteiger charge is 2.06. The molecule has 0 N–H and O–H groups in total. The fourth-order valence-corrected chi connectivity index (χ4v) is 1.31. The first-order chi connectivity index (χ1) is 6.76. The monoisotopic (exact) mass is 195 g/mol. The summed E-state index contributed by atoms with van der Waals surface area (Å²) in [5, 5.41) is 0. The highest BCUT2D eigenvalue weighted by molar-refractivity contribution is 5.87. The molecule has 0 aliphatic rings. The molecule has 0 spiro atoms. The van der Waals surface area contributed by atoms with Crippen molar-refractivity contribution in [3.05, 3.63) is 25.3 Å². The Bertz CT molecular complexity index is 187. The van der Waals surface area contributed by atoms with Gasteiger partial charge in [0.1, 0.15) is 0 Å². The first-order valence-electron chi connectivity index (χ1n) is 5.28. The minimum atomic E-state index is 0.00129. The van der Waals surface area contributed by atoms with Crippen molar-refractivity contribution in [3.8, 4) is 0 Å². The normalized spacial score (nSPS) is 9.50. The van der Waals surface area contributed by atoms with Gasteiger partial charge in [0, 0.05) is 13.1 Å². The molecule has 2 heteroatoms. The lowest BCUT2D eigenvalue weighted by molar-refractivity contribution is -0.125. The summed E-state index contributed by atoms with van der Waals surface area (Å²) >= 11 is 0. The molecule has 0 aromatic rings. The Labute approximate surface area is 87.3 Å². The van der Waals surface area contributed by atoms with Gasteiger partial charge in [-0.15, -0.1) is 6.58 Å². The van der Waals surface area contributed by atoms with Crippen LogP contribution in [0, 0.1) is 0 Å². The van der Waals surface area contributed by atoms with Crippen molar-refractivity contribution in [2.45, 2.75) is 32.6 Å². The standard InChI is InChI=1S/C12H21NO/c1-4-7-8-9-11-13(10-5-2)12(14)6-3/h5-6H,2-4,7-11H2,1H3. The molecule has 0 saturated carbocycles. The van der Waals surface area contributed by atoms with E-state index in [1.165, 1.54) is 25.3 Å². The predicted octanol–water partition coefficient (Wildman–Crippen LogP) is 2.77. The van der Waals surface area contributed by atoms with Crippen LogP contribution in [0.2, 0.25) is 0 Å². The van der Waals surface area contributed by atoms with Crippen molar-refractivity contribution in [2.24, 2.45) is 0 Å². The molecule has 0 radical (unpaired) electrons. The van der Waals surface area contributed by atoms with Crippen LogP contribution >= 0.6 is 0 Å². The van der Waals surface area contributed by atoms with E-state index in [0.717, 1.165) is 13.0 Å². The second kappa shape index (κ2) is 8.54. The molecular formula is C12H21NO. The molecule has 0 aliphatic heterocycles. The summed E-state index contributed by atoms with van der Waals surface area (Å²) in [5.41, 5.74) is 0. The van der Waals surface area contributed by atoms with E-state index in [0.29, 0.717) is 6.54 Å². The SMILES string of the molecule is C=CCN(CCCCCC)C(=O)C=C. The third-order valence-corrected chi connectivity index (χ3v) is 2.12. The lowest BCUT2D eigenvalue weighted by atomic mass is 10.2. The minimum Gasteiger partial charge on any atom is -0.335 e. The number of hydrogen-bond donors (Lipinski definition) is 0. The number of amides is 1. The Balaban J connectivity index is 3.78. The van der Waals surface area contributed by atoms with Gasteiger partial charge in [-0.2, -0.15) is 0 Å².